The molecule has 0 radical (unpaired) electrons. The van der Waals surface area contributed by atoms with Crippen LogP contribution in [-0.4, -0.2) is 9.55 Å². The van der Waals surface area contributed by atoms with Gasteiger partial charge in [-0.05, 0) is 59.9 Å². The van der Waals surface area contributed by atoms with Crippen molar-refractivity contribution in [1.82, 2.24) is 9.55 Å². The number of aromatic amines is 1. The highest BCUT2D eigenvalue weighted by atomic mass is 79.9. The van der Waals surface area contributed by atoms with Gasteiger partial charge < -0.3 is 9.55 Å². The number of hydrogen-bond donors (Lipinski definition) is 1. The minimum absolute atomic E-state index is 0.244. The van der Waals surface area contributed by atoms with E-state index in [0.29, 0.717) is 21.2 Å². The molecule has 18 heavy (non-hydrogen) atoms. The van der Waals surface area contributed by atoms with Crippen molar-refractivity contribution in [3.63, 3.8) is 0 Å². The molecule has 1 saturated carbocycles. The van der Waals surface area contributed by atoms with Crippen molar-refractivity contribution in [3.05, 3.63) is 27.2 Å². The monoisotopic (exact) mass is 328 g/mol. The van der Waals surface area contributed by atoms with Gasteiger partial charge in [0.25, 0.3) is 0 Å². The Morgan fingerprint density at radius 2 is 2.22 bits per heavy atom. The van der Waals surface area contributed by atoms with Crippen molar-refractivity contribution in [2.45, 2.75) is 32.2 Å². The number of fused-ring (bicyclic) bond motifs is 1. The lowest BCUT2D eigenvalue weighted by Gasteiger charge is -2.32. The second kappa shape index (κ2) is 4.46. The highest BCUT2D eigenvalue weighted by molar-refractivity contribution is 9.10. The molecular weight excluding hydrogens is 315 g/mol. The van der Waals surface area contributed by atoms with E-state index in [1.54, 1.807) is 12.1 Å². The topological polar surface area (TPSA) is 20.7 Å². The molecule has 1 heterocycles. The van der Waals surface area contributed by atoms with E-state index >= 15 is 0 Å². The first-order valence-corrected chi connectivity index (χ1v) is 7.37. The smallest absolute Gasteiger partial charge is 0.178 e. The Morgan fingerprint density at radius 1 is 1.50 bits per heavy atom. The Bertz CT molecular complexity index is 657. The Balaban J connectivity index is 2.18. The fraction of sp³-hybridized carbons (Fsp3) is 0.462. The summed E-state index contributed by atoms with van der Waals surface area (Å²) >= 11 is 8.58. The first kappa shape index (κ1) is 12.4. The Morgan fingerprint density at radius 3 is 2.83 bits per heavy atom. The number of benzene rings is 1. The summed E-state index contributed by atoms with van der Waals surface area (Å²) in [6.07, 6.45) is 3.79. The Kier molecular flexibility index (Phi) is 3.06. The van der Waals surface area contributed by atoms with Gasteiger partial charge in [0.2, 0.25) is 0 Å². The van der Waals surface area contributed by atoms with Gasteiger partial charge in [0.15, 0.2) is 4.77 Å². The third-order valence-electron chi connectivity index (χ3n) is 4.00. The maximum Gasteiger partial charge on any atom is 0.178 e. The average molecular weight is 329 g/mol. The largest absolute Gasteiger partial charge is 0.331 e. The SMILES string of the molecule is CC(C1CCC1)n1c(=S)[nH]c2cc(Br)c(F)cc21. The number of hydrogen-bond acceptors (Lipinski definition) is 1. The van der Waals surface area contributed by atoms with Crippen LogP contribution in [0, 0.1) is 16.5 Å². The van der Waals surface area contributed by atoms with Gasteiger partial charge in [0, 0.05) is 12.1 Å². The molecule has 1 aromatic carbocycles. The number of H-pyrrole nitrogens is 1. The van der Waals surface area contributed by atoms with Crippen molar-refractivity contribution in [1.29, 1.82) is 0 Å². The van der Waals surface area contributed by atoms with Gasteiger partial charge >= 0.3 is 0 Å². The van der Waals surface area contributed by atoms with Crippen LogP contribution < -0.4 is 0 Å². The Labute approximate surface area is 118 Å². The number of halogens is 2. The highest BCUT2D eigenvalue weighted by Gasteiger charge is 2.26. The summed E-state index contributed by atoms with van der Waals surface area (Å²) in [6, 6.07) is 3.64. The van der Waals surface area contributed by atoms with Gasteiger partial charge in [0.05, 0.1) is 15.5 Å². The lowest BCUT2D eigenvalue weighted by molar-refractivity contribution is 0.224. The van der Waals surface area contributed by atoms with Crippen LogP contribution in [0.2, 0.25) is 0 Å². The molecule has 1 aromatic heterocycles. The zero-order valence-corrected chi connectivity index (χ0v) is 12.4. The van der Waals surface area contributed by atoms with Gasteiger partial charge in [-0.2, -0.15) is 0 Å². The van der Waals surface area contributed by atoms with Crippen LogP contribution in [0.5, 0.6) is 0 Å². The first-order chi connectivity index (χ1) is 8.58. The molecule has 1 atom stereocenters. The van der Waals surface area contributed by atoms with E-state index in [1.165, 1.54) is 19.3 Å². The number of aromatic nitrogens is 2. The van der Waals surface area contributed by atoms with E-state index in [1.807, 2.05) is 0 Å². The number of rotatable bonds is 2. The standard InChI is InChI=1S/C13H14BrFN2S/c1-7(8-3-2-4-8)17-12-6-10(15)9(14)5-11(12)16-13(17)18/h5-8H,2-4H2,1H3,(H,16,18). The molecule has 1 aliphatic rings. The molecule has 0 bridgehead atoms. The average Bonchev–Trinajstić information content (AvgIpc) is 2.52. The lowest BCUT2D eigenvalue weighted by atomic mass is 9.80. The van der Waals surface area contributed by atoms with Crippen molar-refractivity contribution < 1.29 is 4.39 Å². The molecule has 1 unspecified atom stereocenters. The van der Waals surface area contributed by atoms with Crippen molar-refractivity contribution in [2.75, 3.05) is 0 Å². The second-order valence-electron chi connectivity index (χ2n) is 5.02. The van der Waals surface area contributed by atoms with E-state index in [-0.39, 0.29) is 5.82 Å². The fourth-order valence-electron chi connectivity index (χ4n) is 2.66. The number of nitrogens with zero attached hydrogens (tertiary/aromatic N) is 1. The van der Waals surface area contributed by atoms with Gasteiger partial charge in [-0.1, -0.05) is 6.42 Å². The molecule has 5 heteroatoms. The molecule has 2 nitrogen and oxygen atoms in total. The van der Waals surface area contributed by atoms with E-state index in [0.717, 1.165) is 11.0 Å². The van der Waals surface area contributed by atoms with Crippen LogP contribution >= 0.6 is 28.1 Å². The number of imidazole rings is 1. The third kappa shape index (κ3) is 1.84. The minimum Gasteiger partial charge on any atom is -0.331 e. The normalized spacial score (nSPS) is 17.9. The Hall–Kier alpha value is -0.680. The van der Waals surface area contributed by atoms with E-state index in [9.17, 15) is 4.39 Å². The first-order valence-electron chi connectivity index (χ1n) is 6.17. The summed E-state index contributed by atoms with van der Waals surface area (Å²) in [6.45, 7) is 2.17. The predicted molar refractivity (Wildman–Crippen MR) is 76.8 cm³/mol. The molecule has 0 aliphatic heterocycles. The summed E-state index contributed by atoms with van der Waals surface area (Å²) in [5.74, 6) is 0.425. The maximum atomic E-state index is 13.7. The van der Waals surface area contributed by atoms with E-state index in [2.05, 4.69) is 32.4 Å². The van der Waals surface area contributed by atoms with Gasteiger partial charge in [-0.3, -0.25) is 0 Å². The van der Waals surface area contributed by atoms with Crippen LogP contribution in [0.4, 0.5) is 4.39 Å². The molecular formula is C13H14BrFN2S. The van der Waals surface area contributed by atoms with Crippen molar-refractivity contribution in [2.24, 2.45) is 5.92 Å². The van der Waals surface area contributed by atoms with Gasteiger partial charge in [0.1, 0.15) is 5.82 Å². The van der Waals surface area contributed by atoms with Crippen LogP contribution in [0.15, 0.2) is 16.6 Å². The predicted octanol–water partition coefficient (Wildman–Crippen LogP) is 4.96. The third-order valence-corrected chi connectivity index (χ3v) is 4.90. The van der Waals surface area contributed by atoms with Crippen LogP contribution in [0.3, 0.4) is 0 Å². The van der Waals surface area contributed by atoms with Gasteiger partial charge in [-0.25, -0.2) is 4.39 Å². The summed E-state index contributed by atoms with van der Waals surface area (Å²) < 4.78 is 16.9. The highest BCUT2D eigenvalue weighted by Crippen LogP contribution is 2.38. The zero-order chi connectivity index (χ0) is 12.9. The molecule has 3 rings (SSSR count). The molecule has 96 valence electrons. The van der Waals surface area contributed by atoms with Gasteiger partial charge in [-0.15, -0.1) is 0 Å². The minimum atomic E-state index is -0.244. The molecule has 1 aliphatic carbocycles. The van der Waals surface area contributed by atoms with E-state index < -0.39 is 0 Å². The number of nitrogens with one attached hydrogen (secondary N) is 1. The summed E-state index contributed by atoms with van der Waals surface area (Å²) in [5, 5.41) is 0. The molecule has 0 amide bonds. The molecule has 1 N–H and O–H groups in total. The molecule has 0 spiro atoms. The molecule has 1 fully saturated rings. The van der Waals surface area contributed by atoms with Crippen molar-refractivity contribution >= 4 is 39.2 Å². The fourth-order valence-corrected chi connectivity index (χ4v) is 3.38. The van der Waals surface area contributed by atoms with Crippen molar-refractivity contribution in [3.8, 4) is 0 Å². The summed E-state index contributed by atoms with van der Waals surface area (Å²) in [5.41, 5.74) is 1.75. The van der Waals surface area contributed by atoms with E-state index in [4.69, 9.17) is 12.2 Å². The summed E-state index contributed by atoms with van der Waals surface area (Å²) in [4.78, 5) is 3.16. The maximum absolute atomic E-state index is 13.7. The second-order valence-corrected chi connectivity index (χ2v) is 6.26. The van der Waals surface area contributed by atoms with Crippen LogP contribution in [0.1, 0.15) is 32.2 Å². The lowest BCUT2D eigenvalue weighted by Crippen LogP contribution is -2.22. The van der Waals surface area contributed by atoms with Crippen LogP contribution in [-0.2, 0) is 0 Å². The van der Waals surface area contributed by atoms with Crippen LogP contribution in [0.25, 0.3) is 11.0 Å². The molecule has 0 saturated heterocycles. The quantitative estimate of drug-likeness (QED) is 0.772. The zero-order valence-electron chi connectivity index (χ0n) is 10.0. The summed E-state index contributed by atoms with van der Waals surface area (Å²) in [7, 11) is 0. The molecule has 2 aromatic rings.